The lowest BCUT2D eigenvalue weighted by molar-refractivity contribution is -0.0341. The molecule has 0 aliphatic heterocycles. The van der Waals surface area contributed by atoms with E-state index in [-0.39, 0.29) is 34.4 Å². The summed E-state index contributed by atoms with van der Waals surface area (Å²) in [5.41, 5.74) is 1.69. The lowest BCUT2D eigenvalue weighted by Crippen LogP contribution is -2.52. The fourth-order valence-corrected chi connectivity index (χ4v) is 4.28. The summed E-state index contributed by atoms with van der Waals surface area (Å²) in [6, 6.07) is 16.2. The summed E-state index contributed by atoms with van der Waals surface area (Å²) in [5, 5.41) is 0.940. The van der Waals surface area contributed by atoms with Crippen LogP contribution in [0.5, 0.6) is 0 Å². The van der Waals surface area contributed by atoms with Gasteiger partial charge in [-0.05, 0) is 55.5 Å². The topological polar surface area (TPSA) is 74.3 Å². The number of aryl methyl sites for hydroxylation is 1. The number of halogens is 4. The van der Waals surface area contributed by atoms with Gasteiger partial charge in [-0.25, -0.2) is 9.59 Å². The van der Waals surface area contributed by atoms with Gasteiger partial charge in [0.25, 0.3) is 0 Å². The highest BCUT2D eigenvalue weighted by molar-refractivity contribution is 6.36. The molecule has 0 aromatic heterocycles. The molecule has 3 rings (SSSR count). The van der Waals surface area contributed by atoms with E-state index in [0.29, 0.717) is 15.7 Å². The summed E-state index contributed by atoms with van der Waals surface area (Å²) in [4.78, 5) is 27.9. The summed E-state index contributed by atoms with van der Waals surface area (Å²) in [7, 11) is 2.90. The van der Waals surface area contributed by atoms with Crippen molar-refractivity contribution in [2.24, 2.45) is 0 Å². The Morgan fingerprint density at radius 2 is 1.13 bits per heavy atom. The molecule has 38 heavy (non-hydrogen) atoms. The number of ether oxygens (including phenoxy) is 4. The molecule has 3 aromatic carbocycles. The summed E-state index contributed by atoms with van der Waals surface area (Å²) >= 11 is 24.6. The Hall–Kier alpha value is -2.52. The molecule has 0 saturated carbocycles. The number of benzene rings is 3. The van der Waals surface area contributed by atoms with Gasteiger partial charge in [-0.1, -0.05) is 64.1 Å². The predicted molar refractivity (Wildman–Crippen MR) is 149 cm³/mol. The summed E-state index contributed by atoms with van der Waals surface area (Å²) in [5.74, 6) is -1.51. The van der Waals surface area contributed by atoms with Gasteiger partial charge in [0.2, 0.25) is 12.5 Å². The Morgan fingerprint density at radius 1 is 0.711 bits per heavy atom. The van der Waals surface area contributed by atoms with Crippen molar-refractivity contribution >= 4 is 64.0 Å². The van der Waals surface area contributed by atoms with Gasteiger partial charge in [0, 0.05) is 30.0 Å². The van der Waals surface area contributed by atoms with Crippen molar-refractivity contribution in [2.75, 3.05) is 32.3 Å². The van der Waals surface area contributed by atoms with E-state index in [1.165, 1.54) is 38.5 Å². The molecular formula is C27H25Cl4NO6. The number of nitrogens with zero attached hydrogens (tertiary/aromatic N) is 1. The fourth-order valence-electron chi connectivity index (χ4n) is 3.54. The SMILES string of the molecule is COCC(OC(=O)c1cc(Cl)ccc1Cl)N(c1ccc(C)cc1)C(COC)OC(=O)c1cc(Cl)ccc1Cl. The van der Waals surface area contributed by atoms with Crippen molar-refractivity contribution in [3.63, 3.8) is 0 Å². The number of anilines is 1. The van der Waals surface area contributed by atoms with Gasteiger partial charge in [-0.15, -0.1) is 0 Å². The van der Waals surface area contributed by atoms with E-state index in [9.17, 15) is 9.59 Å². The smallest absolute Gasteiger partial charge is 0.341 e. The van der Waals surface area contributed by atoms with Gasteiger partial charge in [-0.2, -0.15) is 0 Å². The third kappa shape index (κ3) is 7.76. The second kappa shape index (κ2) is 14.0. The maximum absolute atomic E-state index is 13.2. The molecule has 0 aliphatic carbocycles. The monoisotopic (exact) mass is 599 g/mol. The molecule has 0 fully saturated rings. The van der Waals surface area contributed by atoms with Crippen LogP contribution in [0.3, 0.4) is 0 Å². The standard InChI is InChI=1S/C27H25Cl4NO6/c1-16-4-8-19(9-5-16)32(24(14-35-2)37-26(33)20-12-17(28)6-10-22(20)30)25(15-36-3)38-27(34)21-13-18(29)7-11-23(21)31/h4-13,24-25H,14-15H2,1-3H3. The summed E-state index contributed by atoms with van der Waals surface area (Å²) in [6.07, 6.45) is -2.15. The first kappa shape index (κ1) is 30.0. The van der Waals surface area contributed by atoms with Gasteiger partial charge in [0.15, 0.2) is 0 Å². The van der Waals surface area contributed by atoms with Gasteiger partial charge in [0.05, 0.1) is 21.2 Å². The van der Waals surface area contributed by atoms with Crippen LogP contribution < -0.4 is 4.90 Å². The number of hydrogen-bond donors (Lipinski definition) is 0. The maximum atomic E-state index is 13.2. The number of methoxy groups -OCH3 is 2. The normalized spacial score (nSPS) is 12.5. The molecule has 0 spiro atoms. The largest absolute Gasteiger partial charge is 0.435 e. The Labute approximate surface area is 241 Å². The summed E-state index contributed by atoms with van der Waals surface area (Å²) in [6.45, 7) is 1.75. The van der Waals surface area contributed by atoms with Crippen molar-refractivity contribution in [1.29, 1.82) is 0 Å². The molecule has 0 saturated heterocycles. The Bertz CT molecular complexity index is 1200. The fraction of sp³-hybridized carbons (Fsp3) is 0.259. The van der Waals surface area contributed by atoms with E-state index in [2.05, 4.69) is 0 Å². The Morgan fingerprint density at radius 3 is 1.53 bits per heavy atom. The molecule has 202 valence electrons. The van der Waals surface area contributed by atoms with Crippen LogP contribution in [-0.2, 0) is 18.9 Å². The van der Waals surface area contributed by atoms with E-state index in [1.807, 2.05) is 19.1 Å². The molecular weight excluding hydrogens is 576 g/mol. The van der Waals surface area contributed by atoms with E-state index in [1.54, 1.807) is 29.2 Å². The minimum Gasteiger partial charge on any atom is -0.435 e. The van der Waals surface area contributed by atoms with Crippen LogP contribution in [0.4, 0.5) is 5.69 Å². The molecule has 7 nitrogen and oxygen atoms in total. The summed E-state index contributed by atoms with van der Waals surface area (Å²) < 4.78 is 22.4. The van der Waals surface area contributed by atoms with Crippen molar-refractivity contribution < 1.29 is 28.5 Å². The number of carbonyl (C=O) groups excluding carboxylic acids is 2. The molecule has 11 heteroatoms. The third-order valence-electron chi connectivity index (χ3n) is 5.35. The molecule has 0 radical (unpaired) electrons. The molecule has 0 N–H and O–H groups in total. The van der Waals surface area contributed by atoms with E-state index >= 15 is 0 Å². The average molecular weight is 601 g/mol. The van der Waals surface area contributed by atoms with Gasteiger partial charge < -0.3 is 18.9 Å². The first-order valence-corrected chi connectivity index (χ1v) is 12.8. The van der Waals surface area contributed by atoms with Crippen LogP contribution >= 0.6 is 46.4 Å². The highest BCUT2D eigenvalue weighted by atomic mass is 35.5. The zero-order valence-electron chi connectivity index (χ0n) is 20.8. The minimum atomic E-state index is -1.08. The number of rotatable bonds is 11. The number of carbonyl (C=O) groups is 2. The van der Waals surface area contributed by atoms with Crippen LogP contribution in [-0.4, -0.2) is 51.8 Å². The molecule has 2 unspecified atom stereocenters. The van der Waals surface area contributed by atoms with Gasteiger partial charge in [-0.3, -0.25) is 4.90 Å². The molecule has 0 amide bonds. The quantitative estimate of drug-likeness (QED) is 0.172. The van der Waals surface area contributed by atoms with Crippen LogP contribution in [0.25, 0.3) is 0 Å². The second-order valence-corrected chi connectivity index (χ2v) is 9.81. The van der Waals surface area contributed by atoms with E-state index < -0.39 is 24.4 Å². The van der Waals surface area contributed by atoms with Crippen LogP contribution in [0.1, 0.15) is 26.3 Å². The zero-order chi connectivity index (χ0) is 27.8. The number of esters is 2. The van der Waals surface area contributed by atoms with Crippen molar-refractivity contribution in [1.82, 2.24) is 0 Å². The molecule has 0 heterocycles. The van der Waals surface area contributed by atoms with E-state index in [4.69, 9.17) is 65.4 Å². The molecule has 3 aromatic rings. The molecule has 0 bridgehead atoms. The second-order valence-electron chi connectivity index (χ2n) is 8.12. The first-order valence-electron chi connectivity index (χ1n) is 11.3. The first-order chi connectivity index (χ1) is 18.1. The average Bonchev–Trinajstić information content (AvgIpc) is 2.88. The van der Waals surface area contributed by atoms with Crippen LogP contribution in [0, 0.1) is 6.92 Å². The highest BCUT2D eigenvalue weighted by Gasteiger charge is 2.34. The van der Waals surface area contributed by atoms with Crippen molar-refractivity contribution in [2.45, 2.75) is 19.4 Å². The highest BCUT2D eigenvalue weighted by Crippen LogP contribution is 2.28. The minimum absolute atomic E-state index is 0.0649. The van der Waals surface area contributed by atoms with E-state index in [0.717, 1.165) is 5.56 Å². The predicted octanol–water partition coefficient (Wildman–Crippen LogP) is 7.07. The van der Waals surface area contributed by atoms with Gasteiger partial charge >= 0.3 is 11.9 Å². The Kier molecular flexibility index (Phi) is 11.1. The lowest BCUT2D eigenvalue weighted by atomic mass is 10.2. The third-order valence-corrected chi connectivity index (χ3v) is 6.48. The molecule has 2 atom stereocenters. The van der Waals surface area contributed by atoms with Crippen molar-refractivity contribution in [3.05, 3.63) is 97.4 Å². The van der Waals surface area contributed by atoms with Gasteiger partial charge in [0.1, 0.15) is 13.2 Å². The lowest BCUT2D eigenvalue weighted by Gasteiger charge is -2.38. The maximum Gasteiger partial charge on any atom is 0.341 e. The zero-order valence-corrected chi connectivity index (χ0v) is 23.8. The Balaban J connectivity index is 2.03. The molecule has 0 aliphatic rings. The van der Waals surface area contributed by atoms with Crippen molar-refractivity contribution in [3.8, 4) is 0 Å². The van der Waals surface area contributed by atoms with Crippen LogP contribution in [0.15, 0.2) is 60.7 Å². The number of hydrogen-bond acceptors (Lipinski definition) is 7. The van der Waals surface area contributed by atoms with Crippen LogP contribution in [0.2, 0.25) is 20.1 Å².